The number of halogens is 2. The first-order valence-corrected chi connectivity index (χ1v) is 13.4. The van der Waals surface area contributed by atoms with Gasteiger partial charge in [-0.15, -0.1) is 0 Å². The minimum Gasteiger partial charge on any atom is -0.351 e. The Balaban J connectivity index is 1.48. The van der Waals surface area contributed by atoms with Crippen LogP contribution in [-0.4, -0.2) is 45.7 Å². The predicted molar refractivity (Wildman–Crippen MR) is 155 cm³/mol. The maximum absolute atomic E-state index is 13.5. The average molecular weight is 559 g/mol. The maximum Gasteiger partial charge on any atom is 0.239 e. The summed E-state index contributed by atoms with van der Waals surface area (Å²) in [7, 11) is 1.51. The van der Waals surface area contributed by atoms with Crippen molar-refractivity contribution >= 4 is 39.5 Å². The Morgan fingerprint density at radius 1 is 1.05 bits per heavy atom. The molecule has 0 radical (unpaired) electrons. The smallest absolute Gasteiger partial charge is 0.239 e. The molecule has 0 fully saturated rings. The summed E-state index contributed by atoms with van der Waals surface area (Å²) in [5, 5.41) is 6.26. The molecule has 41 heavy (non-hydrogen) atoms. The van der Waals surface area contributed by atoms with Crippen LogP contribution in [0.5, 0.6) is 0 Å². The summed E-state index contributed by atoms with van der Waals surface area (Å²) in [4.78, 5) is 39.3. The molecule has 0 bridgehead atoms. The van der Waals surface area contributed by atoms with E-state index in [9.17, 15) is 18.4 Å². The first kappa shape index (κ1) is 29.3. The molecular formula is C31H32F2N6O2. The molecule has 4 rings (SSSR count). The normalized spacial score (nSPS) is 12.3. The summed E-state index contributed by atoms with van der Waals surface area (Å²) in [5.74, 6) is 2.62. The zero-order valence-corrected chi connectivity index (χ0v) is 23.7. The zero-order chi connectivity index (χ0) is 29.7. The van der Waals surface area contributed by atoms with Crippen LogP contribution in [0.1, 0.15) is 50.2 Å². The summed E-state index contributed by atoms with van der Waals surface area (Å²) in [6.07, 6.45) is 2.16. The quantitative estimate of drug-likeness (QED) is 0.187. The molecule has 2 aromatic carbocycles. The second-order valence-electron chi connectivity index (χ2n) is 9.83. The van der Waals surface area contributed by atoms with Crippen molar-refractivity contribution in [3.8, 4) is 11.8 Å². The van der Waals surface area contributed by atoms with E-state index in [1.165, 1.54) is 13.1 Å². The third-order valence-corrected chi connectivity index (χ3v) is 6.75. The Morgan fingerprint density at radius 2 is 1.80 bits per heavy atom. The highest BCUT2D eigenvalue weighted by Crippen LogP contribution is 2.28. The fraction of sp³-hybridized carbons (Fsp3) is 0.323. The minimum absolute atomic E-state index is 0.00994. The molecule has 0 aliphatic rings. The summed E-state index contributed by atoms with van der Waals surface area (Å²) in [6.45, 7) is 7.92. The zero-order valence-electron chi connectivity index (χ0n) is 23.7. The van der Waals surface area contributed by atoms with Crippen LogP contribution in [0.25, 0.3) is 21.9 Å². The molecular weight excluding hydrogens is 526 g/mol. The van der Waals surface area contributed by atoms with Gasteiger partial charge in [0.15, 0.2) is 17.6 Å². The van der Waals surface area contributed by atoms with Gasteiger partial charge in [-0.2, -0.15) is 0 Å². The highest BCUT2D eigenvalue weighted by Gasteiger charge is 2.30. The van der Waals surface area contributed by atoms with E-state index in [4.69, 9.17) is 0 Å². The predicted octanol–water partition coefficient (Wildman–Crippen LogP) is 4.63. The molecule has 0 saturated heterocycles. The number of aliphatic imine (C=N–C) groups is 1. The number of rotatable bonds is 8. The van der Waals surface area contributed by atoms with Crippen LogP contribution < -0.4 is 10.6 Å². The Kier molecular flexibility index (Phi) is 9.07. The van der Waals surface area contributed by atoms with Crippen molar-refractivity contribution in [3.05, 3.63) is 71.2 Å². The molecule has 8 nitrogen and oxygen atoms in total. The molecule has 2 heterocycles. The Morgan fingerprint density at radius 3 is 2.49 bits per heavy atom. The van der Waals surface area contributed by atoms with Crippen molar-refractivity contribution in [1.82, 2.24) is 25.2 Å². The number of fused-ring (bicyclic) bond motifs is 3. The van der Waals surface area contributed by atoms with Crippen LogP contribution in [-0.2, 0) is 16.1 Å². The molecule has 2 N–H and O–H groups in total. The van der Waals surface area contributed by atoms with Crippen LogP contribution in [0.15, 0.2) is 47.6 Å². The number of nitrogens with zero attached hydrogens (tertiary/aromatic N) is 4. The van der Waals surface area contributed by atoms with Gasteiger partial charge in [0.1, 0.15) is 11.3 Å². The molecule has 212 valence electrons. The maximum atomic E-state index is 13.5. The number of benzene rings is 2. The van der Waals surface area contributed by atoms with E-state index in [1.54, 1.807) is 13.1 Å². The van der Waals surface area contributed by atoms with E-state index in [1.807, 2.05) is 25.1 Å². The monoisotopic (exact) mass is 558 g/mol. The van der Waals surface area contributed by atoms with E-state index in [0.29, 0.717) is 17.7 Å². The van der Waals surface area contributed by atoms with Gasteiger partial charge in [0, 0.05) is 36.3 Å². The van der Waals surface area contributed by atoms with Gasteiger partial charge in [-0.1, -0.05) is 24.8 Å². The Bertz CT molecular complexity index is 1710. The van der Waals surface area contributed by atoms with Gasteiger partial charge in [0.2, 0.25) is 11.8 Å². The summed E-state index contributed by atoms with van der Waals surface area (Å²) < 4.78 is 28.9. The molecule has 0 aliphatic carbocycles. The van der Waals surface area contributed by atoms with E-state index in [0.717, 1.165) is 45.5 Å². The number of hydrogen-bond acceptors (Lipinski definition) is 5. The molecule has 10 heteroatoms. The fourth-order valence-electron chi connectivity index (χ4n) is 4.84. The molecule has 1 unspecified atom stereocenters. The summed E-state index contributed by atoms with van der Waals surface area (Å²) in [5.41, 5.74) is 4.16. The second-order valence-corrected chi connectivity index (χ2v) is 9.83. The number of aryl methyl sites for hydroxylation is 1. The number of nitrogens with one attached hydrogen (secondary N) is 2. The molecule has 4 aromatic rings. The van der Waals surface area contributed by atoms with Gasteiger partial charge in [-0.25, -0.2) is 13.8 Å². The summed E-state index contributed by atoms with van der Waals surface area (Å²) in [6, 6.07) is 9.31. The number of carbonyl (C=O) groups is 2. The van der Waals surface area contributed by atoms with Crippen LogP contribution in [0.4, 0.5) is 8.78 Å². The molecule has 0 saturated carbocycles. The highest BCUT2D eigenvalue weighted by molar-refractivity contribution is 6.19. The van der Waals surface area contributed by atoms with Gasteiger partial charge in [0.05, 0.1) is 23.8 Å². The lowest BCUT2D eigenvalue weighted by Gasteiger charge is -2.17. The van der Waals surface area contributed by atoms with E-state index < -0.39 is 29.4 Å². The van der Waals surface area contributed by atoms with Crippen LogP contribution >= 0.6 is 0 Å². The van der Waals surface area contributed by atoms with Crippen LogP contribution in [0.2, 0.25) is 0 Å². The first-order chi connectivity index (χ1) is 19.6. The lowest BCUT2D eigenvalue weighted by Crippen LogP contribution is -2.45. The van der Waals surface area contributed by atoms with E-state index in [-0.39, 0.29) is 19.1 Å². The largest absolute Gasteiger partial charge is 0.351 e. The Labute approximate surface area is 237 Å². The van der Waals surface area contributed by atoms with Gasteiger partial charge in [-0.05, 0) is 63.1 Å². The molecule has 2 aromatic heterocycles. The van der Waals surface area contributed by atoms with Crippen molar-refractivity contribution in [2.45, 2.75) is 46.7 Å². The van der Waals surface area contributed by atoms with Crippen molar-refractivity contribution in [1.29, 1.82) is 0 Å². The highest BCUT2D eigenvalue weighted by atomic mass is 19.2. The lowest BCUT2D eigenvalue weighted by molar-refractivity contribution is -0.132. The SMILES string of the molecule is CCC(=NC)C(C(=O)NCC#Cc1ccc2ncc3nc(C)n(C(C)C)c3c2c1)C(=O)NCc1ccc(F)c(F)c1. The number of carbonyl (C=O) groups excluding carboxylic acids is 2. The van der Waals surface area contributed by atoms with Crippen LogP contribution in [0, 0.1) is 36.3 Å². The second kappa shape index (κ2) is 12.7. The van der Waals surface area contributed by atoms with Crippen molar-refractivity contribution in [3.63, 3.8) is 0 Å². The number of aromatic nitrogens is 3. The topological polar surface area (TPSA) is 101 Å². The first-order valence-electron chi connectivity index (χ1n) is 13.4. The Hall–Kier alpha value is -4.65. The van der Waals surface area contributed by atoms with Crippen LogP contribution in [0.3, 0.4) is 0 Å². The van der Waals surface area contributed by atoms with Gasteiger partial charge in [0.25, 0.3) is 0 Å². The third-order valence-electron chi connectivity index (χ3n) is 6.75. The fourth-order valence-corrected chi connectivity index (χ4v) is 4.84. The van der Waals surface area contributed by atoms with Gasteiger partial charge >= 0.3 is 0 Å². The lowest BCUT2D eigenvalue weighted by atomic mass is 9.98. The molecule has 0 aliphatic heterocycles. The van der Waals surface area contributed by atoms with Crippen molar-refractivity contribution < 1.29 is 18.4 Å². The van der Waals surface area contributed by atoms with Crippen molar-refractivity contribution in [2.24, 2.45) is 10.9 Å². The van der Waals surface area contributed by atoms with Crippen molar-refractivity contribution in [2.75, 3.05) is 13.6 Å². The molecule has 2 amide bonds. The minimum atomic E-state index is -1.18. The molecule has 0 spiro atoms. The number of amides is 2. The average Bonchev–Trinajstić information content (AvgIpc) is 3.30. The van der Waals surface area contributed by atoms with E-state index in [2.05, 4.69) is 55.8 Å². The summed E-state index contributed by atoms with van der Waals surface area (Å²) >= 11 is 0. The number of imidazole rings is 1. The van der Waals surface area contributed by atoms with Gasteiger partial charge < -0.3 is 15.2 Å². The van der Waals surface area contributed by atoms with E-state index >= 15 is 0 Å². The number of pyridine rings is 1. The molecule has 1 atom stereocenters. The number of hydrogen-bond donors (Lipinski definition) is 2. The van der Waals surface area contributed by atoms with Gasteiger partial charge in [-0.3, -0.25) is 19.6 Å². The third kappa shape index (κ3) is 6.40. The standard InChI is InChI=1S/C31H32F2N6O2/c1-6-25(34-5)28(31(41)37-16-21-9-11-23(32)24(33)15-21)30(40)35-13-7-8-20-10-12-26-22(14-20)29-27(17-36-26)38-19(4)39(29)18(2)3/h9-12,14-15,17-18,28H,6,13,16H2,1-5H3,(H,35,40)(H,37,41).